The molecule has 1 aromatic rings. The molecule has 0 radical (unpaired) electrons. The van der Waals surface area contributed by atoms with Crippen LogP contribution in [0.1, 0.15) is 84.8 Å². The van der Waals surface area contributed by atoms with E-state index in [9.17, 15) is 0 Å². The van der Waals surface area contributed by atoms with E-state index >= 15 is 0 Å². The highest BCUT2D eigenvalue weighted by atomic mass is 127. The number of benzene rings is 1. The van der Waals surface area contributed by atoms with Gasteiger partial charge in [-0.2, -0.15) is 4.58 Å². The zero-order valence-corrected chi connectivity index (χ0v) is 26.6. The molecular weight excluding hydrogens is 614 g/mol. The van der Waals surface area contributed by atoms with Crippen LogP contribution in [0.2, 0.25) is 19.6 Å². The van der Waals surface area contributed by atoms with Gasteiger partial charge in [-0.15, -0.1) is 0 Å². The molecule has 2 nitrogen and oxygen atoms in total. The molecule has 1 aliphatic heterocycles. The van der Waals surface area contributed by atoms with Crippen molar-refractivity contribution in [3.8, 4) is 0 Å². The first-order chi connectivity index (χ1) is 12.9. The molecule has 0 spiro atoms. The number of nitrogens with zero attached hydrogens (tertiary/aromatic N) is 1. The van der Waals surface area contributed by atoms with Crippen molar-refractivity contribution in [3.05, 3.63) is 29.3 Å². The third-order valence-corrected chi connectivity index (χ3v) is 19.4. The lowest BCUT2D eigenvalue weighted by atomic mass is 9.84. The quantitative estimate of drug-likeness (QED) is 0.142. The number of para-hydroxylation sites is 1. The van der Waals surface area contributed by atoms with Crippen molar-refractivity contribution in [3.63, 3.8) is 0 Å². The summed E-state index contributed by atoms with van der Waals surface area (Å²) in [7, 11) is -1.42. The molecule has 0 fully saturated rings. The number of halogens is 2. The Morgan fingerprint density at radius 2 is 1.38 bits per heavy atom. The van der Waals surface area contributed by atoms with Crippen molar-refractivity contribution in [2.75, 3.05) is 0 Å². The lowest BCUT2D eigenvalue weighted by Crippen LogP contribution is -2.62. The fourth-order valence-corrected chi connectivity index (χ4v) is 31.4. The van der Waals surface area contributed by atoms with Crippen LogP contribution in [0.25, 0.3) is 0 Å². The molecule has 0 aliphatic carbocycles. The normalized spacial score (nSPS) is 19.6. The standard InChI is InChI=1S/C23H41I2N2Si2/c1-16(2)18-13-12-14-19(17(3)4)20(18)27-21(22(5,6)15-23(27,7)8)29(24,25)26-28(9,10)11/h12-14,16-17,26H,15H2,1-11H3/q+1. The van der Waals surface area contributed by atoms with Gasteiger partial charge in [-0.05, 0) is 11.8 Å². The molecule has 0 amide bonds. The summed E-state index contributed by atoms with van der Waals surface area (Å²) < 4.78 is 5.10. The summed E-state index contributed by atoms with van der Waals surface area (Å²) in [6.07, 6.45) is 1.19. The van der Waals surface area contributed by atoms with Crippen LogP contribution in [0.3, 0.4) is 0 Å². The van der Waals surface area contributed by atoms with E-state index in [1.807, 2.05) is 0 Å². The van der Waals surface area contributed by atoms with Crippen molar-refractivity contribution in [2.24, 2.45) is 5.41 Å². The summed E-state index contributed by atoms with van der Waals surface area (Å²) in [4.78, 5) is 0. The van der Waals surface area contributed by atoms with Gasteiger partial charge in [0.15, 0.2) is 10.9 Å². The predicted octanol–water partition coefficient (Wildman–Crippen LogP) is 8.00. The number of hydrogen-bond acceptors (Lipinski definition) is 1. The number of rotatable bonds is 6. The van der Waals surface area contributed by atoms with Gasteiger partial charge in [0.25, 0.3) is 0 Å². The van der Waals surface area contributed by atoms with Crippen LogP contribution in [0.15, 0.2) is 18.2 Å². The van der Waals surface area contributed by atoms with Crippen LogP contribution in [0, 0.1) is 5.41 Å². The number of nitrogens with one attached hydrogen (secondary N) is 1. The second kappa shape index (κ2) is 8.59. The molecule has 0 saturated carbocycles. The monoisotopic (exact) mass is 655 g/mol. The summed E-state index contributed by atoms with van der Waals surface area (Å²) in [5.74, 6) is 1.02. The maximum atomic E-state index is 4.20. The van der Waals surface area contributed by atoms with E-state index in [0.717, 1.165) is 0 Å². The molecule has 29 heavy (non-hydrogen) atoms. The van der Waals surface area contributed by atoms with Gasteiger partial charge in [-0.25, -0.2) is 0 Å². The second-order valence-electron chi connectivity index (χ2n) is 11.6. The minimum Gasteiger partial charge on any atom is -0.336 e. The lowest BCUT2D eigenvalue weighted by Gasteiger charge is -2.32. The van der Waals surface area contributed by atoms with Crippen LogP contribution < -0.4 is 4.65 Å². The van der Waals surface area contributed by atoms with Crippen molar-refractivity contribution < 1.29 is 4.58 Å². The molecule has 1 N–H and O–H groups in total. The first kappa shape index (κ1) is 26.0. The van der Waals surface area contributed by atoms with Crippen LogP contribution in [-0.2, 0) is 0 Å². The molecule has 0 saturated heterocycles. The summed E-state index contributed by atoms with van der Waals surface area (Å²) in [5, 5.41) is 1.66. The van der Waals surface area contributed by atoms with E-state index in [-0.39, 0.29) is 11.0 Å². The Labute approximate surface area is 207 Å². The Morgan fingerprint density at radius 1 is 0.931 bits per heavy atom. The molecule has 1 aliphatic rings. The molecule has 164 valence electrons. The maximum Gasteiger partial charge on any atom is 0.356 e. The highest BCUT2D eigenvalue weighted by molar-refractivity contribution is 14.3. The van der Waals surface area contributed by atoms with E-state index in [1.54, 1.807) is 5.33 Å². The average Bonchev–Trinajstić information content (AvgIpc) is 2.67. The molecule has 1 heterocycles. The Balaban J connectivity index is 2.98. The van der Waals surface area contributed by atoms with Crippen LogP contribution in [-0.4, -0.2) is 26.9 Å². The van der Waals surface area contributed by atoms with Crippen LogP contribution in [0.4, 0.5) is 5.69 Å². The first-order valence-electron chi connectivity index (χ1n) is 10.9. The van der Waals surface area contributed by atoms with Gasteiger partial charge in [0.05, 0.1) is 0 Å². The molecule has 0 aromatic heterocycles. The zero-order chi connectivity index (χ0) is 22.6. The minimum atomic E-state index is -1.90. The third-order valence-electron chi connectivity index (χ3n) is 5.74. The fraction of sp³-hybridized carbons (Fsp3) is 0.696. The largest absolute Gasteiger partial charge is 0.356 e. The summed E-state index contributed by atoms with van der Waals surface area (Å²) in [5.41, 5.74) is 4.76. The van der Waals surface area contributed by atoms with Gasteiger partial charge in [0, 0.05) is 36.8 Å². The number of hydrogen-bond donors (Lipinski definition) is 1. The molecular formula is C23H41I2N2Si2+. The van der Waals surface area contributed by atoms with Crippen molar-refractivity contribution in [2.45, 2.75) is 98.8 Å². The Bertz CT molecular complexity index is 777. The third kappa shape index (κ3) is 5.57. The lowest BCUT2D eigenvalue weighted by molar-refractivity contribution is -0.515. The Kier molecular flexibility index (Phi) is 7.70. The molecule has 0 atom stereocenters. The molecule has 0 bridgehead atoms. The second-order valence-corrected chi connectivity index (χ2v) is 34.6. The fourth-order valence-electron chi connectivity index (χ4n) is 5.13. The average molecular weight is 656 g/mol. The summed E-state index contributed by atoms with van der Waals surface area (Å²) in [6, 6.07) is 6.99. The van der Waals surface area contributed by atoms with Crippen LogP contribution >= 0.6 is 43.6 Å². The Morgan fingerprint density at radius 3 is 1.76 bits per heavy atom. The van der Waals surface area contributed by atoms with Gasteiger partial charge in [-0.3, -0.25) is 0 Å². The summed E-state index contributed by atoms with van der Waals surface area (Å²) in [6.45, 7) is 26.5. The molecule has 0 unspecified atom stereocenters. The van der Waals surface area contributed by atoms with Gasteiger partial charge in [-0.1, -0.05) is 123 Å². The minimum absolute atomic E-state index is 0.100. The van der Waals surface area contributed by atoms with Gasteiger partial charge < -0.3 is 4.65 Å². The molecule has 1 aromatic carbocycles. The van der Waals surface area contributed by atoms with E-state index in [2.05, 4.69) is 146 Å². The highest BCUT2D eigenvalue weighted by Crippen LogP contribution is 2.50. The van der Waals surface area contributed by atoms with E-state index in [4.69, 9.17) is 0 Å². The smallest absolute Gasteiger partial charge is 0.336 e. The van der Waals surface area contributed by atoms with Crippen molar-refractivity contribution in [1.82, 2.24) is 4.65 Å². The SMILES string of the molecule is CC(C)c1cccc(C(C)C)c1[N+]1=C([Si](I)(I)N[Si](C)(C)C)C(C)(C)CC1(C)C. The highest BCUT2D eigenvalue weighted by Gasteiger charge is 2.61. The van der Waals surface area contributed by atoms with E-state index in [1.165, 1.54) is 23.2 Å². The van der Waals surface area contributed by atoms with Crippen molar-refractivity contribution in [1.29, 1.82) is 0 Å². The van der Waals surface area contributed by atoms with Crippen LogP contribution in [0.5, 0.6) is 0 Å². The zero-order valence-electron chi connectivity index (χ0n) is 20.3. The van der Waals surface area contributed by atoms with E-state index in [0.29, 0.717) is 11.8 Å². The topological polar surface area (TPSA) is 15.0 Å². The van der Waals surface area contributed by atoms with Gasteiger partial charge in [0.1, 0.15) is 8.24 Å². The predicted molar refractivity (Wildman–Crippen MR) is 152 cm³/mol. The van der Waals surface area contributed by atoms with E-state index < -0.39 is 11.5 Å². The van der Waals surface area contributed by atoms with Gasteiger partial charge >= 0.3 is 3.23 Å². The van der Waals surface area contributed by atoms with Gasteiger partial charge in [0.2, 0.25) is 5.69 Å². The molecule has 6 heteroatoms. The maximum absolute atomic E-state index is 4.20. The Hall–Kier alpha value is 0.744. The first-order valence-corrected chi connectivity index (χ1v) is 22.6. The van der Waals surface area contributed by atoms with Crippen molar-refractivity contribution >= 4 is 66.1 Å². The molecule has 2 rings (SSSR count). The summed E-state index contributed by atoms with van der Waals surface area (Å²) >= 11 is 5.63.